The zero-order chi connectivity index (χ0) is 12.4. The van der Waals surface area contributed by atoms with Crippen LogP contribution in [0.15, 0.2) is 24.3 Å². The van der Waals surface area contributed by atoms with Crippen LogP contribution in [-0.4, -0.2) is 11.8 Å². The topological polar surface area (TPSA) is 58.2 Å². The molecule has 0 radical (unpaired) electrons. The molecule has 0 unspecified atom stereocenters. The van der Waals surface area contributed by atoms with Crippen LogP contribution in [0, 0.1) is 0 Å². The first-order chi connectivity index (χ1) is 8.08. The van der Waals surface area contributed by atoms with Gasteiger partial charge in [-0.05, 0) is 17.5 Å². The summed E-state index contributed by atoms with van der Waals surface area (Å²) < 4.78 is 0. The van der Waals surface area contributed by atoms with E-state index in [4.69, 9.17) is 0 Å². The minimum Gasteiger partial charge on any atom is -0.349 e. The molecular formula is C13H16N2O2. The molecule has 1 aliphatic rings. The summed E-state index contributed by atoms with van der Waals surface area (Å²) in [7, 11) is 0. The van der Waals surface area contributed by atoms with Crippen LogP contribution < -0.4 is 10.6 Å². The van der Waals surface area contributed by atoms with Gasteiger partial charge in [0.05, 0.1) is 12.1 Å². The smallest absolute Gasteiger partial charge is 0.217 e. The average Bonchev–Trinajstić information content (AvgIpc) is 2.56. The summed E-state index contributed by atoms with van der Waals surface area (Å²) in [5, 5.41) is 5.82. The molecule has 0 spiro atoms. The first-order valence-electron chi connectivity index (χ1n) is 5.71. The maximum absolute atomic E-state index is 11.1. The van der Waals surface area contributed by atoms with Crippen molar-refractivity contribution in [3.63, 3.8) is 0 Å². The van der Waals surface area contributed by atoms with Crippen molar-refractivity contribution in [1.29, 1.82) is 0 Å². The Morgan fingerprint density at radius 2 is 1.41 bits per heavy atom. The van der Waals surface area contributed by atoms with Gasteiger partial charge in [0.2, 0.25) is 11.8 Å². The van der Waals surface area contributed by atoms with Gasteiger partial charge in [0.15, 0.2) is 0 Å². The summed E-state index contributed by atoms with van der Waals surface area (Å²) in [6.07, 6.45) is 0.721. The minimum absolute atomic E-state index is 0.000509. The van der Waals surface area contributed by atoms with Gasteiger partial charge >= 0.3 is 0 Å². The van der Waals surface area contributed by atoms with Gasteiger partial charge in [-0.2, -0.15) is 0 Å². The number of nitrogens with one attached hydrogen (secondary N) is 2. The Balaban J connectivity index is 2.26. The van der Waals surface area contributed by atoms with Crippen molar-refractivity contribution in [2.45, 2.75) is 32.4 Å². The summed E-state index contributed by atoms with van der Waals surface area (Å²) in [5.41, 5.74) is 2.20. The average molecular weight is 232 g/mol. The maximum Gasteiger partial charge on any atom is 0.217 e. The molecule has 0 aliphatic heterocycles. The lowest BCUT2D eigenvalue weighted by Crippen LogP contribution is -2.27. The molecule has 0 saturated carbocycles. The van der Waals surface area contributed by atoms with Crippen molar-refractivity contribution in [2.24, 2.45) is 0 Å². The van der Waals surface area contributed by atoms with Gasteiger partial charge < -0.3 is 10.6 Å². The number of hydrogen-bond acceptors (Lipinski definition) is 2. The molecule has 0 fully saturated rings. The highest BCUT2D eigenvalue weighted by atomic mass is 16.2. The van der Waals surface area contributed by atoms with Gasteiger partial charge in [-0.25, -0.2) is 0 Å². The zero-order valence-electron chi connectivity index (χ0n) is 9.99. The van der Waals surface area contributed by atoms with E-state index in [1.807, 2.05) is 24.3 Å². The van der Waals surface area contributed by atoms with Crippen molar-refractivity contribution >= 4 is 11.8 Å². The van der Waals surface area contributed by atoms with Crippen LogP contribution in [0.4, 0.5) is 0 Å². The van der Waals surface area contributed by atoms with Gasteiger partial charge in [-0.1, -0.05) is 24.3 Å². The summed E-state index contributed by atoms with van der Waals surface area (Å²) in [6.45, 7) is 3.02. The van der Waals surface area contributed by atoms with E-state index in [0.717, 1.165) is 17.5 Å². The Kier molecular flexibility index (Phi) is 3.13. The lowest BCUT2D eigenvalue weighted by atomic mass is 10.1. The van der Waals surface area contributed by atoms with E-state index in [1.165, 1.54) is 13.8 Å². The van der Waals surface area contributed by atoms with Crippen molar-refractivity contribution in [3.8, 4) is 0 Å². The second-order valence-electron chi connectivity index (χ2n) is 4.37. The number of carbonyl (C=O) groups excluding carboxylic acids is 2. The number of amides is 2. The number of benzene rings is 1. The fraction of sp³-hybridized carbons (Fsp3) is 0.385. The minimum atomic E-state index is -0.0479. The Labute approximate surface area is 100 Å². The molecule has 2 N–H and O–H groups in total. The predicted octanol–water partition coefficient (Wildman–Crippen LogP) is 1.44. The zero-order valence-corrected chi connectivity index (χ0v) is 9.99. The van der Waals surface area contributed by atoms with Crippen LogP contribution in [0.25, 0.3) is 0 Å². The Hall–Kier alpha value is -1.84. The molecule has 0 aromatic heterocycles. The van der Waals surface area contributed by atoms with Gasteiger partial charge in [-0.3, -0.25) is 9.59 Å². The summed E-state index contributed by atoms with van der Waals surface area (Å²) in [5.74, 6) is -0.0958. The molecule has 2 rings (SSSR count). The maximum atomic E-state index is 11.1. The summed E-state index contributed by atoms with van der Waals surface area (Å²) >= 11 is 0. The molecule has 1 aromatic carbocycles. The van der Waals surface area contributed by atoms with Crippen molar-refractivity contribution in [1.82, 2.24) is 10.6 Å². The molecule has 1 aliphatic carbocycles. The Morgan fingerprint density at radius 1 is 1.00 bits per heavy atom. The van der Waals surface area contributed by atoms with E-state index in [9.17, 15) is 9.59 Å². The van der Waals surface area contributed by atoms with Crippen LogP contribution in [0.2, 0.25) is 0 Å². The third kappa shape index (κ3) is 2.46. The summed E-state index contributed by atoms with van der Waals surface area (Å²) in [6, 6.07) is 7.89. The van der Waals surface area contributed by atoms with Crippen LogP contribution in [0.5, 0.6) is 0 Å². The molecule has 0 saturated heterocycles. The largest absolute Gasteiger partial charge is 0.349 e. The van der Waals surface area contributed by atoms with Gasteiger partial charge in [0.25, 0.3) is 0 Å². The van der Waals surface area contributed by atoms with Gasteiger partial charge in [-0.15, -0.1) is 0 Å². The SMILES string of the molecule is CC(=O)N[C@@H]1C[C@@H](NC(C)=O)c2ccccc21. The first-order valence-corrected chi connectivity index (χ1v) is 5.71. The van der Waals surface area contributed by atoms with Crippen molar-refractivity contribution in [2.75, 3.05) is 0 Å². The van der Waals surface area contributed by atoms with E-state index in [1.54, 1.807) is 0 Å². The number of fused-ring (bicyclic) bond motifs is 1. The number of carbonyl (C=O) groups is 2. The quantitative estimate of drug-likeness (QED) is 0.810. The Bertz CT molecular complexity index is 415. The lowest BCUT2D eigenvalue weighted by molar-refractivity contribution is -0.119. The highest BCUT2D eigenvalue weighted by Crippen LogP contribution is 2.38. The van der Waals surface area contributed by atoms with Crippen LogP contribution in [0.1, 0.15) is 43.5 Å². The standard InChI is InChI=1S/C13H16N2O2/c1-8(16)14-12-7-13(15-9(2)17)11-6-4-3-5-10(11)12/h3-6,12-13H,7H2,1-2H3,(H,14,16)(H,15,17)/t12-,13-/m1/s1. The van der Waals surface area contributed by atoms with Crippen molar-refractivity contribution < 1.29 is 9.59 Å². The van der Waals surface area contributed by atoms with E-state index in [2.05, 4.69) is 10.6 Å². The Morgan fingerprint density at radius 3 is 1.76 bits per heavy atom. The molecule has 2 amide bonds. The molecule has 90 valence electrons. The van der Waals surface area contributed by atoms with Crippen LogP contribution >= 0.6 is 0 Å². The molecule has 17 heavy (non-hydrogen) atoms. The van der Waals surface area contributed by atoms with E-state index in [-0.39, 0.29) is 23.9 Å². The molecule has 0 heterocycles. The molecule has 1 aromatic rings. The predicted molar refractivity (Wildman–Crippen MR) is 64.2 cm³/mol. The fourth-order valence-electron chi connectivity index (χ4n) is 2.40. The third-order valence-electron chi connectivity index (χ3n) is 2.97. The summed E-state index contributed by atoms with van der Waals surface area (Å²) in [4.78, 5) is 22.3. The molecule has 4 heteroatoms. The monoisotopic (exact) mass is 232 g/mol. The van der Waals surface area contributed by atoms with Gasteiger partial charge in [0.1, 0.15) is 0 Å². The van der Waals surface area contributed by atoms with Crippen LogP contribution in [0.3, 0.4) is 0 Å². The highest BCUT2D eigenvalue weighted by Gasteiger charge is 2.31. The number of hydrogen-bond donors (Lipinski definition) is 2. The van der Waals surface area contributed by atoms with Crippen molar-refractivity contribution in [3.05, 3.63) is 35.4 Å². The fourth-order valence-corrected chi connectivity index (χ4v) is 2.40. The molecule has 4 nitrogen and oxygen atoms in total. The molecular weight excluding hydrogens is 216 g/mol. The van der Waals surface area contributed by atoms with Gasteiger partial charge in [0, 0.05) is 13.8 Å². The molecule has 2 atom stereocenters. The second kappa shape index (κ2) is 4.57. The van der Waals surface area contributed by atoms with E-state index >= 15 is 0 Å². The third-order valence-corrected chi connectivity index (χ3v) is 2.97. The second-order valence-corrected chi connectivity index (χ2v) is 4.37. The highest BCUT2D eigenvalue weighted by molar-refractivity contribution is 5.75. The van der Waals surface area contributed by atoms with Crippen LogP contribution in [-0.2, 0) is 9.59 Å². The van der Waals surface area contributed by atoms with E-state index in [0.29, 0.717) is 0 Å². The molecule has 0 bridgehead atoms. The first kappa shape index (κ1) is 11.6. The number of rotatable bonds is 2. The van der Waals surface area contributed by atoms with E-state index < -0.39 is 0 Å². The lowest BCUT2D eigenvalue weighted by Gasteiger charge is -2.13. The normalized spacial score (nSPS) is 21.8.